The number of rotatable bonds is 1. The maximum Gasteiger partial charge on any atom is 0.302 e. The van der Waals surface area contributed by atoms with Crippen LogP contribution in [0.4, 0.5) is 0 Å². The Morgan fingerprint density at radius 2 is 1.96 bits per heavy atom. The molecule has 0 aromatic carbocycles. The van der Waals surface area contributed by atoms with Crippen LogP contribution in [0, 0.1) is 28.6 Å². The zero-order chi connectivity index (χ0) is 18.0. The summed E-state index contributed by atoms with van der Waals surface area (Å²) < 4.78 is 5.44. The first-order chi connectivity index (χ1) is 11.8. The fourth-order valence-corrected chi connectivity index (χ4v) is 6.57. The Hall–Kier alpha value is -1.45. The SMILES string of the molecule is CC(=O)O[C@@H]1CC[C@@]2(C)C(=CC[C@@H]3[C@H]4CCC(=O)[C@]4(C)CC(=O)[C@H]32)C1. The average molecular weight is 344 g/mol. The predicted molar refractivity (Wildman–Crippen MR) is 92.7 cm³/mol. The zero-order valence-electron chi connectivity index (χ0n) is 15.5. The van der Waals surface area contributed by atoms with Gasteiger partial charge in [0.05, 0.1) is 0 Å². The first-order valence-electron chi connectivity index (χ1n) is 9.68. The standard InChI is InChI=1S/C21H28O4/c1-12(22)25-14-8-9-20(2)13(10-14)4-5-15-16-6-7-18(24)21(16,3)11-17(23)19(15)20/h4,14-16,19H,5-11H2,1-3H3/t14-,15-,16-,19+,20+,21-/m1/s1. The molecule has 0 heterocycles. The third kappa shape index (κ3) is 2.36. The van der Waals surface area contributed by atoms with Gasteiger partial charge in [0.1, 0.15) is 17.7 Å². The highest BCUT2D eigenvalue weighted by Crippen LogP contribution is 2.62. The molecule has 4 aliphatic carbocycles. The highest BCUT2D eigenvalue weighted by molar-refractivity contribution is 5.95. The molecule has 0 aromatic rings. The van der Waals surface area contributed by atoms with Gasteiger partial charge in [-0.2, -0.15) is 0 Å². The summed E-state index contributed by atoms with van der Waals surface area (Å²) in [4.78, 5) is 36.9. The van der Waals surface area contributed by atoms with E-state index in [1.165, 1.54) is 12.5 Å². The number of esters is 1. The normalized spacial score (nSPS) is 46.0. The molecule has 0 radical (unpaired) electrons. The molecule has 0 spiro atoms. The molecule has 4 nitrogen and oxygen atoms in total. The Kier molecular flexibility index (Phi) is 3.75. The molecule has 0 aliphatic heterocycles. The van der Waals surface area contributed by atoms with E-state index in [9.17, 15) is 14.4 Å². The smallest absolute Gasteiger partial charge is 0.302 e. The third-order valence-electron chi connectivity index (χ3n) is 7.79. The second kappa shape index (κ2) is 5.52. The van der Waals surface area contributed by atoms with Crippen LogP contribution in [0.5, 0.6) is 0 Å². The van der Waals surface area contributed by atoms with Crippen molar-refractivity contribution in [2.75, 3.05) is 0 Å². The molecule has 3 saturated carbocycles. The second-order valence-corrected chi connectivity index (χ2v) is 9.13. The Labute approximate surface area is 149 Å². The van der Waals surface area contributed by atoms with Crippen molar-refractivity contribution in [3.63, 3.8) is 0 Å². The first-order valence-corrected chi connectivity index (χ1v) is 9.68. The minimum atomic E-state index is -0.422. The Morgan fingerprint density at radius 1 is 1.20 bits per heavy atom. The van der Waals surface area contributed by atoms with Crippen LogP contribution in [-0.2, 0) is 19.1 Å². The molecule has 25 heavy (non-hydrogen) atoms. The Morgan fingerprint density at radius 3 is 2.68 bits per heavy atom. The number of hydrogen-bond acceptors (Lipinski definition) is 4. The van der Waals surface area contributed by atoms with Crippen molar-refractivity contribution in [3.05, 3.63) is 11.6 Å². The molecule has 3 fully saturated rings. The van der Waals surface area contributed by atoms with Gasteiger partial charge in [0.15, 0.2) is 0 Å². The van der Waals surface area contributed by atoms with Crippen molar-refractivity contribution < 1.29 is 19.1 Å². The van der Waals surface area contributed by atoms with Gasteiger partial charge in [-0.1, -0.05) is 25.5 Å². The van der Waals surface area contributed by atoms with Crippen molar-refractivity contribution in [2.45, 2.75) is 71.8 Å². The van der Waals surface area contributed by atoms with Crippen LogP contribution in [0.25, 0.3) is 0 Å². The van der Waals surface area contributed by atoms with Gasteiger partial charge in [-0.3, -0.25) is 14.4 Å². The summed E-state index contributed by atoms with van der Waals surface area (Å²) in [5.74, 6) is 1.05. The maximum absolute atomic E-state index is 13.2. The van der Waals surface area contributed by atoms with Gasteiger partial charge in [-0.15, -0.1) is 0 Å². The molecular formula is C21H28O4. The van der Waals surface area contributed by atoms with Crippen molar-refractivity contribution >= 4 is 17.5 Å². The van der Waals surface area contributed by atoms with Crippen LogP contribution in [0.15, 0.2) is 11.6 Å². The molecule has 4 heteroatoms. The number of allylic oxidation sites excluding steroid dienone is 1. The van der Waals surface area contributed by atoms with E-state index in [4.69, 9.17) is 4.74 Å². The lowest BCUT2D eigenvalue weighted by Crippen LogP contribution is -2.55. The topological polar surface area (TPSA) is 60.4 Å². The summed E-state index contributed by atoms with van der Waals surface area (Å²) in [5, 5.41) is 0. The van der Waals surface area contributed by atoms with Crippen LogP contribution in [0.2, 0.25) is 0 Å². The fourth-order valence-electron chi connectivity index (χ4n) is 6.57. The molecule has 6 atom stereocenters. The summed E-state index contributed by atoms with van der Waals surface area (Å²) in [6.07, 6.45) is 7.62. The Balaban J connectivity index is 1.66. The highest BCUT2D eigenvalue weighted by atomic mass is 16.5. The molecule has 0 amide bonds. The third-order valence-corrected chi connectivity index (χ3v) is 7.79. The van der Waals surface area contributed by atoms with E-state index < -0.39 is 5.41 Å². The number of ketones is 2. The van der Waals surface area contributed by atoms with Gasteiger partial charge >= 0.3 is 5.97 Å². The van der Waals surface area contributed by atoms with Gasteiger partial charge in [0, 0.05) is 37.5 Å². The lowest BCUT2D eigenvalue weighted by molar-refractivity contribution is -0.153. The maximum atomic E-state index is 13.2. The number of carbonyl (C=O) groups is 3. The number of fused-ring (bicyclic) bond motifs is 5. The summed E-state index contributed by atoms with van der Waals surface area (Å²) in [6.45, 7) is 5.72. The number of carbonyl (C=O) groups excluding carboxylic acids is 3. The molecular weight excluding hydrogens is 316 g/mol. The first kappa shape index (κ1) is 17.0. The van der Waals surface area contributed by atoms with Gasteiger partial charge in [0.2, 0.25) is 0 Å². The van der Waals surface area contributed by atoms with Crippen LogP contribution in [0.3, 0.4) is 0 Å². The van der Waals surface area contributed by atoms with Gasteiger partial charge in [-0.25, -0.2) is 0 Å². The van der Waals surface area contributed by atoms with E-state index in [1.807, 2.05) is 6.92 Å². The average Bonchev–Trinajstić information content (AvgIpc) is 2.82. The van der Waals surface area contributed by atoms with E-state index in [0.29, 0.717) is 30.5 Å². The second-order valence-electron chi connectivity index (χ2n) is 9.13. The zero-order valence-corrected chi connectivity index (χ0v) is 15.5. The monoisotopic (exact) mass is 344 g/mol. The quantitative estimate of drug-likeness (QED) is 0.538. The van der Waals surface area contributed by atoms with E-state index in [0.717, 1.165) is 32.1 Å². The predicted octanol–water partition coefficient (Wildman–Crippen LogP) is 3.63. The molecule has 136 valence electrons. The van der Waals surface area contributed by atoms with Crippen molar-refractivity contribution in [2.24, 2.45) is 28.6 Å². The molecule has 0 aromatic heterocycles. The highest BCUT2D eigenvalue weighted by Gasteiger charge is 2.61. The molecule has 0 saturated heterocycles. The van der Waals surface area contributed by atoms with Gasteiger partial charge < -0.3 is 4.74 Å². The minimum absolute atomic E-state index is 0.0368. The number of hydrogen-bond donors (Lipinski definition) is 0. The van der Waals surface area contributed by atoms with Crippen molar-refractivity contribution in [1.29, 1.82) is 0 Å². The fraction of sp³-hybridized carbons (Fsp3) is 0.762. The van der Waals surface area contributed by atoms with Crippen LogP contribution >= 0.6 is 0 Å². The Bertz CT molecular complexity index is 677. The lowest BCUT2D eigenvalue weighted by Gasteiger charge is -2.55. The summed E-state index contributed by atoms with van der Waals surface area (Å²) in [6, 6.07) is 0. The molecule has 0 unspecified atom stereocenters. The van der Waals surface area contributed by atoms with Crippen LogP contribution in [0.1, 0.15) is 65.7 Å². The summed E-state index contributed by atoms with van der Waals surface area (Å²) >= 11 is 0. The van der Waals surface area contributed by atoms with Crippen LogP contribution < -0.4 is 0 Å². The van der Waals surface area contributed by atoms with E-state index in [-0.39, 0.29) is 29.2 Å². The lowest BCUT2D eigenvalue weighted by atomic mass is 9.47. The van der Waals surface area contributed by atoms with Crippen molar-refractivity contribution in [1.82, 2.24) is 0 Å². The van der Waals surface area contributed by atoms with Gasteiger partial charge in [-0.05, 0) is 42.9 Å². The van der Waals surface area contributed by atoms with E-state index >= 15 is 0 Å². The summed E-state index contributed by atoms with van der Waals surface area (Å²) in [7, 11) is 0. The largest absolute Gasteiger partial charge is 0.462 e. The van der Waals surface area contributed by atoms with E-state index in [1.54, 1.807) is 0 Å². The number of Topliss-reactive ketones (excluding diaryl/α,β-unsaturated/α-hetero) is 2. The molecule has 0 N–H and O–H groups in total. The molecule has 4 rings (SSSR count). The molecule has 0 bridgehead atoms. The molecule has 4 aliphatic rings. The van der Waals surface area contributed by atoms with Gasteiger partial charge in [0.25, 0.3) is 0 Å². The van der Waals surface area contributed by atoms with Crippen molar-refractivity contribution in [3.8, 4) is 0 Å². The summed E-state index contributed by atoms with van der Waals surface area (Å²) in [5.41, 5.74) is 0.755. The van der Waals surface area contributed by atoms with E-state index in [2.05, 4.69) is 13.0 Å². The number of ether oxygens (including phenoxy) is 1. The van der Waals surface area contributed by atoms with Crippen LogP contribution in [-0.4, -0.2) is 23.6 Å². The minimum Gasteiger partial charge on any atom is -0.462 e.